The van der Waals surface area contributed by atoms with Crippen molar-refractivity contribution >= 4 is 31.4 Å². The summed E-state index contributed by atoms with van der Waals surface area (Å²) >= 11 is 0. The Balaban J connectivity index is 1.78. The molecule has 1 aliphatic rings. The second kappa shape index (κ2) is 8.62. The Morgan fingerprint density at radius 1 is 1.07 bits per heavy atom. The summed E-state index contributed by atoms with van der Waals surface area (Å²) in [6.07, 6.45) is 1.97. The fourth-order valence-electron chi connectivity index (χ4n) is 3.44. The second-order valence-electron chi connectivity index (χ2n) is 7.04. The molecule has 2 aromatic carbocycles. The van der Waals surface area contributed by atoms with Gasteiger partial charge in [0.15, 0.2) is 0 Å². The molecule has 7 nitrogen and oxygen atoms in total. The molecule has 3 rings (SSSR count). The van der Waals surface area contributed by atoms with E-state index in [9.17, 15) is 16.8 Å². The lowest BCUT2D eigenvalue weighted by atomic mass is 10.0. The van der Waals surface area contributed by atoms with Crippen LogP contribution in [0.2, 0.25) is 0 Å². The number of sulfonamides is 2. The standard InChI is InChI=1S/C20H26N2O5S2/c1-3-13-29(25,26)22-12-4-5-17-14-18(8-11-20(17)22)21-28(23,24)15-16-6-9-19(27-2)10-7-16/h6-11,14,21H,3-5,12-13,15H2,1-2H3. The van der Waals surface area contributed by atoms with Crippen LogP contribution in [0, 0.1) is 0 Å². The molecule has 0 aromatic heterocycles. The van der Waals surface area contributed by atoms with Gasteiger partial charge in [-0.25, -0.2) is 16.8 Å². The van der Waals surface area contributed by atoms with E-state index in [1.807, 2.05) is 6.92 Å². The Labute approximate surface area is 172 Å². The van der Waals surface area contributed by atoms with Crippen molar-refractivity contribution in [1.29, 1.82) is 0 Å². The van der Waals surface area contributed by atoms with E-state index >= 15 is 0 Å². The van der Waals surface area contributed by atoms with Crippen molar-refractivity contribution in [3.63, 3.8) is 0 Å². The summed E-state index contributed by atoms with van der Waals surface area (Å²) in [5.41, 5.74) is 2.56. The van der Waals surface area contributed by atoms with Crippen LogP contribution in [0.1, 0.15) is 30.9 Å². The molecule has 1 aliphatic heterocycles. The lowest BCUT2D eigenvalue weighted by molar-refractivity contribution is 0.414. The zero-order valence-corrected chi connectivity index (χ0v) is 18.2. The SMILES string of the molecule is CCCS(=O)(=O)N1CCCc2cc(NS(=O)(=O)Cc3ccc(OC)cc3)ccc21. The summed E-state index contributed by atoms with van der Waals surface area (Å²) in [4.78, 5) is 0. The van der Waals surface area contributed by atoms with Gasteiger partial charge in [0, 0.05) is 12.2 Å². The first-order chi connectivity index (χ1) is 13.7. The number of fused-ring (bicyclic) bond motifs is 1. The number of nitrogens with zero attached hydrogens (tertiary/aromatic N) is 1. The smallest absolute Gasteiger partial charge is 0.236 e. The van der Waals surface area contributed by atoms with E-state index in [0.717, 1.165) is 5.56 Å². The minimum atomic E-state index is -3.61. The Kier molecular flexibility index (Phi) is 6.38. The van der Waals surface area contributed by atoms with Crippen LogP contribution in [-0.4, -0.2) is 36.2 Å². The minimum absolute atomic E-state index is 0.0999. The van der Waals surface area contributed by atoms with E-state index in [-0.39, 0.29) is 11.5 Å². The van der Waals surface area contributed by atoms with Gasteiger partial charge in [-0.1, -0.05) is 19.1 Å². The zero-order chi connectivity index (χ0) is 21.1. The highest BCUT2D eigenvalue weighted by atomic mass is 32.2. The van der Waals surface area contributed by atoms with Crippen LogP contribution < -0.4 is 13.8 Å². The number of anilines is 2. The maximum atomic E-state index is 12.6. The van der Waals surface area contributed by atoms with Gasteiger partial charge < -0.3 is 4.74 Å². The highest BCUT2D eigenvalue weighted by Crippen LogP contribution is 2.32. The van der Waals surface area contributed by atoms with Crippen molar-refractivity contribution in [2.24, 2.45) is 0 Å². The lowest BCUT2D eigenvalue weighted by Gasteiger charge is -2.30. The summed E-state index contributed by atoms with van der Waals surface area (Å²) in [6, 6.07) is 11.9. The average molecular weight is 439 g/mol. The molecule has 0 spiro atoms. The van der Waals surface area contributed by atoms with Gasteiger partial charge in [0.1, 0.15) is 5.75 Å². The Morgan fingerprint density at radius 3 is 2.45 bits per heavy atom. The number of aryl methyl sites for hydroxylation is 1. The summed E-state index contributed by atoms with van der Waals surface area (Å²) in [5, 5.41) is 0. The van der Waals surface area contributed by atoms with E-state index in [2.05, 4.69) is 4.72 Å². The van der Waals surface area contributed by atoms with E-state index in [1.165, 1.54) is 4.31 Å². The number of methoxy groups -OCH3 is 1. The van der Waals surface area contributed by atoms with Crippen molar-refractivity contribution in [1.82, 2.24) is 0 Å². The largest absolute Gasteiger partial charge is 0.497 e. The molecule has 9 heteroatoms. The highest BCUT2D eigenvalue weighted by molar-refractivity contribution is 7.92. The third-order valence-electron chi connectivity index (χ3n) is 4.74. The minimum Gasteiger partial charge on any atom is -0.497 e. The van der Waals surface area contributed by atoms with Gasteiger partial charge in [0.05, 0.1) is 24.3 Å². The molecule has 0 saturated carbocycles. The van der Waals surface area contributed by atoms with Gasteiger partial charge in [-0.3, -0.25) is 9.03 Å². The molecule has 0 aliphatic carbocycles. The van der Waals surface area contributed by atoms with Crippen LogP contribution in [0.25, 0.3) is 0 Å². The Morgan fingerprint density at radius 2 is 1.79 bits per heavy atom. The highest BCUT2D eigenvalue weighted by Gasteiger charge is 2.27. The fourth-order valence-corrected chi connectivity index (χ4v) is 6.25. The van der Waals surface area contributed by atoms with E-state index < -0.39 is 20.0 Å². The van der Waals surface area contributed by atoms with Crippen molar-refractivity contribution < 1.29 is 21.6 Å². The number of benzene rings is 2. The monoisotopic (exact) mass is 438 g/mol. The van der Waals surface area contributed by atoms with Crippen molar-refractivity contribution in [3.05, 3.63) is 53.6 Å². The first-order valence-corrected chi connectivity index (χ1v) is 12.8. The van der Waals surface area contributed by atoms with Crippen molar-refractivity contribution in [2.45, 2.75) is 31.9 Å². The zero-order valence-electron chi connectivity index (χ0n) is 16.6. The van der Waals surface area contributed by atoms with Crippen LogP contribution in [0.4, 0.5) is 11.4 Å². The molecule has 0 fully saturated rings. The van der Waals surface area contributed by atoms with Gasteiger partial charge in [-0.2, -0.15) is 0 Å². The molecule has 0 unspecified atom stereocenters. The number of hydrogen-bond acceptors (Lipinski definition) is 5. The molecule has 0 radical (unpaired) electrons. The fraction of sp³-hybridized carbons (Fsp3) is 0.400. The number of hydrogen-bond donors (Lipinski definition) is 1. The van der Waals surface area contributed by atoms with Gasteiger partial charge in [0.25, 0.3) is 0 Å². The van der Waals surface area contributed by atoms with Crippen LogP contribution >= 0.6 is 0 Å². The van der Waals surface area contributed by atoms with Crippen molar-refractivity contribution in [3.8, 4) is 5.75 Å². The third-order valence-corrected chi connectivity index (χ3v) is 7.98. The van der Waals surface area contributed by atoms with E-state index in [4.69, 9.17) is 4.74 Å². The Hall–Kier alpha value is -2.26. The summed E-state index contributed by atoms with van der Waals surface area (Å²) in [6.45, 7) is 2.29. The topological polar surface area (TPSA) is 92.8 Å². The molecule has 0 amide bonds. The van der Waals surface area contributed by atoms with Crippen LogP contribution in [-0.2, 0) is 32.2 Å². The molecule has 2 aromatic rings. The molecule has 158 valence electrons. The molecule has 1 heterocycles. The third kappa shape index (κ3) is 5.22. The van der Waals surface area contributed by atoms with Gasteiger partial charge in [0.2, 0.25) is 20.0 Å². The maximum Gasteiger partial charge on any atom is 0.236 e. The Bertz CT molecular complexity index is 1060. The summed E-state index contributed by atoms with van der Waals surface area (Å²) in [5.74, 6) is 0.602. The molecule has 0 atom stereocenters. The van der Waals surface area contributed by atoms with E-state index in [1.54, 1.807) is 49.6 Å². The molecule has 1 N–H and O–H groups in total. The number of rotatable bonds is 8. The lowest BCUT2D eigenvalue weighted by Crippen LogP contribution is -2.37. The number of nitrogens with one attached hydrogen (secondary N) is 1. The predicted molar refractivity (Wildman–Crippen MR) is 115 cm³/mol. The first kappa shape index (κ1) is 21.4. The first-order valence-electron chi connectivity index (χ1n) is 9.51. The normalized spacial score (nSPS) is 14.3. The number of ether oxygens (including phenoxy) is 1. The molecular weight excluding hydrogens is 412 g/mol. The van der Waals surface area contributed by atoms with Crippen LogP contribution in [0.3, 0.4) is 0 Å². The van der Waals surface area contributed by atoms with Gasteiger partial charge in [-0.05, 0) is 60.7 Å². The molecule has 29 heavy (non-hydrogen) atoms. The maximum absolute atomic E-state index is 12.6. The van der Waals surface area contributed by atoms with Gasteiger partial charge >= 0.3 is 0 Å². The van der Waals surface area contributed by atoms with Gasteiger partial charge in [-0.15, -0.1) is 0 Å². The summed E-state index contributed by atoms with van der Waals surface area (Å²) in [7, 11) is -5.41. The predicted octanol–water partition coefficient (Wildman–Crippen LogP) is 3.13. The average Bonchev–Trinajstić information content (AvgIpc) is 2.67. The molecule has 0 bridgehead atoms. The molecule has 0 saturated heterocycles. The quantitative estimate of drug-likeness (QED) is 0.684. The molecular formula is C20H26N2O5S2. The summed E-state index contributed by atoms with van der Waals surface area (Å²) < 4.78 is 59.3. The van der Waals surface area contributed by atoms with Crippen LogP contribution in [0.5, 0.6) is 5.75 Å². The van der Waals surface area contributed by atoms with E-state index in [0.29, 0.717) is 48.5 Å². The van der Waals surface area contributed by atoms with Crippen LogP contribution in [0.15, 0.2) is 42.5 Å². The second-order valence-corrected chi connectivity index (χ2v) is 10.8. The van der Waals surface area contributed by atoms with Crippen molar-refractivity contribution in [2.75, 3.05) is 28.4 Å².